The van der Waals surface area contributed by atoms with Gasteiger partial charge in [-0.25, -0.2) is 9.07 Å². The maximum absolute atomic E-state index is 13.1. The summed E-state index contributed by atoms with van der Waals surface area (Å²) in [5.41, 5.74) is 0.334. The van der Waals surface area contributed by atoms with Crippen LogP contribution >= 0.6 is 11.6 Å². The molecular weight excluding hydrogens is 313 g/mol. The standard InChI is InChI=1S/C13H11ClFN5O2/c1-6-16-13-18-11(21)5-10(20(13)19-6)12(22)17-7-2-3-9(15)8(14)4-7/h2-4,10H,5H2,1H3,(H,17,22)(H,16,18,19,21)/t10-/m0/s1. The van der Waals surface area contributed by atoms with Crippen LogP contribution in [0.3, 0.4) is 0 Å². The quantitative estimate of drug-likeness (QED) is 0.883. The number of nitrogens with zero attached hydrogens (tertiary/aromatic N) is 3. The molecule has 0 bridgehead atoms. The largest absolute Gasteiger partial charge is 0.324 e. The minimum Gasteiger partial charge on any atom is -0.324 e. The summed E-state index contributed by atoms with van der Waals surface area (Å²) >= 11 is 5.67. The molecule has 3 rings (SSSR count). The summed E-state index contributed by atoms with van der Waals surface area (Å²) in [5, 5.41) is 9.14. The van der Waals surface area contributed by atoms with Gasteiger partial charge in [-0.1, -0.05) is 11.6 Å². The highest BCUT2D eigenvalue weighted by Gasteiger charge is 2.32. The monoisotopic (exact) mass is 323 g/mol. The van der Waals surface area contributed by atoms with Gasteiger partial charge in [0.1, 0.15) is 17.7 Å². The third-order valence-electron chi connectivity index (χ3n) is 3.15. The van der Waals surface area contributed by atoms with E-state index in [9.17, 15) is 14.0 Å². The fraction of sp³-hybridized carbons (Fsp3) is 0.231. The summed E-state index contributed by atoms with van der Waals surface area (Å²) in [6.45, 7) is 1.66. The molecule has 0 radical (unpaired) electrons. The van der Waals surface area contributed by atoms with Gasteiger partial charge in [-0.3, -0.25) is 14.9 Å². The first-order valence-corrected chi connectivity index (χ1v) is 6.81. The average Bonchev–Trinajstić information content (AvgIpc) is 2.82. The number of nitrogens with one attached hydrogen (secondary N) is 2. The Kier molecular flexibility index (Phi) is 3.53. The van der Waals surface area contributed by atoms with Crippen LogP contribution in [0.2, 0.25) is 5.02 Å². The van der Waals surface area contributed by atoms with Crippen molar-refractivity contribution in [3.8, 4) is 0 Å². The Balaban J connectivity index is 1.85. The number of fused-ring (bicyclic) bond motifs is 1. The zero-order chi connectivity index (χ0) is 15.9. The van der Waals surface area contributed by atoms with E-state index in [-0.39, 0.29) is 23.3 Å². The van der Waals surface area contributed by atoms with Gasteiger partial charge in [0.05, 0.1) is 11.4 Å². The van der Waals surface area contributed by atoms with E-state index in [4.69, 9.17) is 11.6 Å². The second-order valence-electron chi connectivity index (χ2n) is 4.81. The van der Waals surface area contributed by atoms with Crippen molar-refractivity contribution in [2.24, 2.45) is 0 Å². The lowest BCUT2D eigenvalue weighted by molar-refractivity contribution is -0.125. The normalized spacial score (nSPS) is 16.9. The molecule has 1 aromatic heterocycles. The van der Waals surface area contributed by atoms with Gasteiger partial charge in [0.15, 0.2) is 0 Å². The Morgan fingerprint density at radius 1 is 1.55 bits per heavy atom. The molecule has 22 heavy (non-hydrogen) atoms. The van der Waals surface area contributed by atoms with Gasteiger partial charge < -0.3 is 5.32 Å². The van der Waals surface area contributed by atoms with Crippen molar-refractivity contribution >= 4 is 35.1 Å². The first kappa shape index (κ1) is 14.5. The molecule has 2 heterocycles. The number of hydrogen-bond donors (Lipinski definition) is 2. The number of carbonyl (C=O) groups is 2. The lowest BCUT2D eigenvalue weighted by Crippen LogP contribution is -2.36. The number of rotatable bonds is 2. The van der Waals surface area contributed by atoms with Gasteiger partial charge in [-0.15, -0.1) is 0 Å². The lowest BCUT2D eigenvalue weighted by Gasteiger charge is -2.22. The average molecular weight is 324 g/mol. The topological polar surface area (TPSA) is 88.9 Å². The van der Waals surface area contributed by atoms with Crippen molar-refractivity contribution in [3.63, 3.8) is 0 Å². The van der Waals surface area contributed by atoms with E-state index in [0.717, 1.165) is 6.07 Å². The fourth-order valence-corrected chi connectivity index (χ4v) is 2.35. The summed E-state index contributed by atoms with van der Waals surface area (Å²) in [6.07, 6.45) is -0.0590. The van der Waals surface area contributed by atoms with Crippen LogP contribution in [0.25, 0.3) is 0 Å². The van der Waals surface area contributed by atoms with E-state index in [0.29, 0.717) is 11.5 Å². The van der Waals surface area contributed by atoms with Crippen LogP contribution in [0.1, 0.15) is 18.3 Å². The van der Waals surface area contributed by atoms with E-state index in [1.54, 1.807) is 6.92 Å². The van der Waals surface area contributed by atoms with Gasteiger partial charge in [-0.2, -0.15) is 10.1 Å². The van der Waals surface area contributed by atoms with Crippen LogP contribution < -0.4 is 10.6 Å². The summed E-state index contributed by atoms with van der Waals surface area (Å²) in [4.78, 5) is 28.1. The number of halogens is 2. The molecule has 0 saturated heterocycles. The Hall–Kier alpha value is -2.48. The van der Waals surface area contributed by atoms with Crippen molar-refractivity contribution in [1.29, 1.82) is 0 Å². The van der Waals surface area contributed by atoms with Crippen molar-refractivity contribution < 1.29 is 14.0 Å². The first-order valence-electron chi connectivity index (χ1n) is 6.43. The Morgan fingerprint density at radius 2 is 2.32 bits per heavy atom. The number of carbonyl (C=O) groups excluding carboxylic acids is 2. The Morgan fingerprint density at radius 3 is 3.05 bits per heavy atom. The van der Waals surface area contributed by atoms with Crippen LogP contribution in [0.15, 0.2) is 18.2 Å². The Bertz CT molecular complexity index is 776. The molecule has 1 aliphatic heterocycles. The first-order chi connectivity index (χ1) is 10.4. The minimum atomic E-state index is -0.825. The second-order valence-corrected chi connectivity index (χ2v) is 5.22. The van der Waals surface area contributed by atoms with Crippen LogP contribution in [-0.2, 0) is 9.59 Å². The molecule has 0 saturated carbocycles. The summed E-state index contributed by atoms with van der Waals surface area (Å²) in [5.74, 6) is -0.683. The van der Waals surface area contributed by atoms with Crippen molar-refractivity contribution in [2.75, 3.05) is 10.6 Å². The molecule has 1 atom stereocenters. The molecular formula is C13H11ClFN5O2. The zero-order valence-electron chi connectivity index (χ0n) is 11.4. The molecule has 114 valence electrons. The number of aryl methyl sites for hydroxylation is 1. The molecule has 2 N–H and O–H groups in total. The van der Waals surface area contributed by atoms with Gasteiger partial charge >= 0.3 is 0 Å². The molecule has 1 aliphatic rings. The number of aromatic nitrogens is 3. The third kappa shape index (κ3) is 2.64. The number of amides is 2. The third-order valence-corrected chi connectivity index (χ3v) is 3.44. The maximum atomic E-state index is 13.1. The highest BCUT2D eigenvalue weighted by atomic mass is 35.5. The predicted octanol–water partition coefficient (Wildman–Crippen LogP) is 1.90. The molecule has 7 nitrogen and oxygen atoms in total. The van der Waals surface area contributed by atoms with E-state index in [1.807, 2.05) is 0 Å². The van der Waals surface area contributed by atoms with Crippen molar-refractivity contribution in [3.05, 3.63) is 34.9 Å². The number of benzene rings is 1. The SMILES string of the molecule is Cc1nc2n(n1)[C@H](C(=O)Nc1ccc(F)c(Cl)c1)CC(=O)N2. The van der Waals surface area contributed by atoms with E-state index < -0.39 is 17.8 Å². The molecule has 1 aromatic carbocycles. The summed E-state index contributed by atoms with van der Waals surface area (Å²) in [7, 11) is 0. The molecule has 0 unspecified atom stereocenters. The van der Waals surface area contributed by atoms with Crippen LogP contribution in [0, 0.1) is 12.7 Å². The van der Waals surface area contributed by atoms with Crippen LogP contribution in [0.5, 0.6) is 0 Å². The Labute approximate surface area is 129 Å². The lowest BCUT2D eigenvalue weighted by atomic mass is 10.1. The van der Waals surface area contributed by atoms with E-state index >= 15 is 0 Å². The van der Waals surface area contributed by atoms with Gasteiger partial charge in [-0.05, 0) is 25.1 Å². The highest BCUT2D eigenvalue weighted by molar-refractivity contribution is 6.31. The van der Waals surface area contributed by atoms with Crippen LogP contribution in [-0.4, -0.2) is 26.6 Å². The molecule has 0 aliphatic carbocycles. The maximum Gasteiger partial charge on any atom is 0.249 e. The summed E-state index contributed by atoms with van der Waals surface area (Å²) < 4.78 is 14.5. The predicted molar refractivity (Wildman–Crippen MR) is 77.1 cm³/mol. The molecule has 0 fully saturated rings. The van der Waals surface area contributed by atoms with Gasteiger partial charge in [0.2, 0.25) is 17.8 Å². The summed E-state index contributed by atoms with van der Waals surface area (Å²) in [6, 6.07) is 3.01. The smallest absolute Gasteiger partial charge is 0.249 e. The fourth-order valence-electron chi connectivity index (χ4n) is 2.17. The van der Waals surface area contributed by atoms with Gasteiger partial charge in [0, 0.05) is 5.69 Å². The van der Waals surface area contributed by atoms with Gasteiger partial charge in [0.25, 0.3) is 0 Å². The number of anilines is 2. The van der Waals surface area contributed by atoms with Crippen molar-refractivity contribution in [1.82, 2.24) is 14.8 Å². The molecule has 9 heteroatoms. The molecule has 2 amide bonds. The second kappa shape index (κ2) is 5.38. The van der Waals surface area contributed by atoms with E-state index in [1.165, 1.54) is 16.8 Å². The molecule has 0 spiro atoms. The zero-order valence-corrected chi connectivity index (χ0v) is 12.2. The minimum absolute atomic E-state index is 0.0590. The highest BCUT2D eigenvalue weighted by Crippen LogP contribution is 2.25. The van der Waals surface area contributed by atoms with E-state index in [2.05, 4.69) is 20.7 Å². The molecule has 2 aromatic rings. The van der Waals surface area contributed by atoms with Crippen LogP contribution in [0.4, 0.5) is 16.0 Å². The number of hydrogen-bond acceptors (Lipinski definition) is 4. The van der Waals surface area contributed by atoms with Crippen molar-refractivity contribution in [2.45, 2.75) is 19.4 Å².